The monoisotopic (exact) mass is 245 g/mol. The number of nitrogens with one attached hydrogen (secondary N) is 1. The Morgan fingerprint density at radius 1 is 1.06 bits per heavy atom. The average Bonchev–Trinajstić information content (AvgIpc) is 2.71. The van der Waals surface area contributed by atoms with Crippen LogP contribution in [0.3, 0.4) is 0 Å². The molecule has 0 amide bonds. The molecule has 3 nitrogen and oxygen atoms in total. The fourth-order valence-electron chi connectivity index (χ4n) is 1.84. The summed E-state index contributed by atoms with van der Waals surface area (Å²) < 4.78 is 26.5. The van der Waals surface area contributed by atoms with Crippen molar-refractivity contribution in [2.75, 3.05) is 5.73 Å². The summed E-state index contributed by atoms with van der Waals surface area (Å²) in [6, 6.07) is 8.55. The molecular formula is C13H9F2N3. The van der Waals surface area contributed by atoms with E-state index in [9.17, 15) is 8.78 Å². The summed E-state index contributed by atoms with van der Waals surface area (Å²) in [5, 5.41) is 0. The molecule has 0 aliphatic rings. The normalized spacial score (nSPS) is 11.0. The van der Waals surface area contributed by atoms with Gasteiger partial charge in [0.1, 0.15) is 17.5 Å². The lowest BCUT2D eigenvalue weighted by molar-refractivity contribution is 0.585. The Balaban J connectivity index is 2.19. The minimum Gasteiger partial charge on any atom is -0.399 e. The van der Waals surface area contributed by atoms with Gasteiger partial charge in [-0.15, -0.1) is 0 Å². The number of hydrogen-bond acceptors (Lipinski definition) is 2. The predicted octanol–water partition coefficient (Wildman–Crippen LogP) is 3.09. The van der Waals surface area contributed by atoms with E-state index in [1.807, 2.05) is 0 Å². The molecule has 3 rings (SSSR count). The van der Waals surface area contributed by atoms with E-state index in [1.54, 1.807) is 18.2 Å². The highest BCUT2D eigenvalue weighted by molar-refractivity contribution is 5.82. The molecule has 0 bridgehead atoms. The minimum atomic E-state index is -0.651. The molecule has 0 atom stereocenters. The number of benzene rings is 2. The second-order valence-corrected chi connectivity index (χ2v) is 3.99. The van der Waals surface area contributed by atoms with Crippen LogP contribution < -0.4 is 5.73 Å². The maximum Gasteiger partial charge on any atom is 0.141 e. The zero-order chi connectivity index (χ0) is 12.7. The van der Waals surface area contributed by atoms with Crippen LogP contribution in [0.25, 0.3) is 22.4 Å². The first-order chi connectivity index (χ1) is 8.63. The average molecular weight is 245 g/mol. The topological polar surface area (TPSA) is 54.7 Å². The molecule has 1 aromatic heterocycles. The number of fused-ring (bicyclic) bond motifs is 1. The van der Waals surface area contributed by atoms with Gasteiger partial charge in [0.25, 0.3) is 0 Å². The summed E-state index contributed by atoms with van der Waals surface area (Å²) in [6.07, 6.45) is 0. The van der Waals surface area contributed by atoms with Crippen LogP contribution in [0.1, 0.15) is 0 Å². The van der Waals surface area contributed by atoms with E-state index in [0.29, 0.717) is 22.5 Å². The van der Waals surface area contributed by atoms with Gasteiger partial charge in [0.2, 0.25) is 0 Å². The van der Waals surface area contributed by atoms with E-state index in [1.165, 1.54) is 12.1 Å². The van der Waals surface area contributed by atoms with E-state index in [4.69, 9.17) is 5.73 Å². The third-order valence-electron chi connectivity index (χ3n) is 2.69. The van der Waals surface area contributed by atoms with Gasteiger partial charge in [-0.2, -0.15) is 0 Å². The number of halogens is 2. The highest BCUT2D eigenvalue weighted by Crippen LogP contribution is 2.24. The maximum absolute atomic E-state index is 13.6. The first-order valence-electron chi connectivity index (χ1n) is 5.34. The molecule has 0 unspecified atom stereocenters. The van der Waals surface area contributed by atoms with Crippen LogP contribution in [0.5, 0.6) is 0 Å². The summed E-state index contributed by atoms with van der Waals surface area (Å²) in [5.41, 5.74) is 7.87. The van der Waals surface area contributed by atoms with Crippen molar-refractivity contribution in [3.63, 3.8) is 0 Å². The lowest BCUT2D eigenvalue weighted by atomic mass is 10.2. The Morgan fingerprint density at radius 3 is 2.67 bits per heavy atom. The van der Waals surface area contributed by atoms with Crippen LogP contribution in [0.4, 0.5) is 14.5 Å². The number of nitrogen functional groups attached to an aromatic ring is 1. The Morgan fingerprint density at radius 2 is 1.89 bits per heavy atom. The fourth-order valence-corrected chi connectivity index (χ4v) is 1.84. The highest BCUT2D eigenvalue weighted by Gasteiger charge is 2.10. The molecule has 3 N–H and O–H groups in total. The van der Waals surface area contributed by atoms with Gasteiger partial charge in [0, 0.05) is 11.8 Å². The Labute approximate surface area is 101 Å². The van der Waals surface area contributed by atoms with Crippen molar-refractivity contribution in [2.24, 2.45) is 0 Å². The van der Waals surface area contributed by atoms with E-state index in [2.05, 4.69) is 9.97 Å². The Bertz CT molecular complexity index is 734. The van der Waals surface area contributed by atoms with E-state index in [-0.39, 0.29) is 5.56 Å². The van der Waals surface area contributed by atoms with E-state index in [0.717, 1.165) is 6.07 Å². The van der Waals surface area contributed by atoms with Gasteiger partial charge in [-0.05, 0) is 30.3 Å². The van der Waals surface area contributed by atoms with Crippen molar-refractivity contribution >= 4 is 16.7 Å². The first kappa shape index (κ1) is 10.7. The van der Waals surface area contributed by atoms with Crippen molar-refractivity contribution < 1.29 is 8.78 Å². The van der Waals surface area contributed by atoms with Crippen molar-refractivity contribution in [3.05, 3.63) is 48.0 Å². The van der Waals surface area contributed by atoms with Crippen molar-refractivity contribution in [2.45, 2.75) is 0 Å². The second kappa shape index (κ2) is 3.80. The SMILES string of the molecule is Nc1ccc2nc(-c3ccc(F)cc3F)[nH]c2c1. The number of aromatic amines is 1. The van der Waals surface area contributed by atoms with Gasteiger partial charge in [0.05, 0.1) is 16.6 Å². The van der Waals surface area contributed by atoms with E-state index < -0.39 is 11.6 Å². The zero-order valence-corrected chi connectivity index (χ0v) is 9.24. The Kier molecular flexibility index (Phi) is 2.26. The van der Waals surface area contributed by atoms with Crippen LogP contribution >= 0.6 is 0 Å². The minimum absolute atomic E-state index is 0.228. The summed E-state index contributed by atoms with van der Waals surface area (Å²) in [4.78, 5) is 7.20. The maximum atomic E-state index is 13.6. The van der Waals surface area contributed by atoms with Crippen LogP contribution in [-0.4, -0.2) is 9.97 Å². The highest BCUT2D eigenvalue weighted by atomic mass is 19.1. The first-order valence-corrected chi connectivity index (χ1v) is 5.34. The third kappa shape index (κ3) is 1.69. The Hall–Kier alpha value is -2.43. The second-order valence-electron chi connectivity index (χ2n) is 3.99. The van der Waals surface area contributed by atoms with Crippen LogP contribution in [-0.2, 0) is 0 Å². The molecule has 3 aromatic rings. The lowest BCUT2D eigenvalue weighted by Crippen LogP contribution is -1.87. The van der Waals surface area contributed by atoms with Gasteiger partial charge < -0.3 is 10.7 Å². The molecule has 0 aliphatic carbocycles. The molecule has 1 heterocycles. The number of nitrogens with two attached hydrogens (primary N) is 1. The number of rotatable bonds is 1. The van der Waals surface area contributed by atoms with Gasteiger partial charge in [-0.1, -0.05) is 0 Å². The molecule has 0 saturated carbocycles. The molecule has 0 saturated heterocycles. The summed E-state index contributed by atoms with van der Waals surface area (Å²) in [6.45, 7) is 0. The number of nitrogens with zero attached hydrogens (tertiary/aromatic N) is 1. The molecular weight excluding hydrogens is 236 g/mol. The number of imidazole rings is 1. The standard InChI is InChI=1S/C13H9F2N3/c14-7-1-3-9(10(15)5-7)13-17-11-4-2-8(16)6-12(11)18-13/h1-6H,16H2,(H,17,18). The fraction of sp³-hybridized carbons (Fsp3) is 0. The molecule has 0 fully saturated rings. The van der Waals surface area contributed by atoms with Crippen molar-refractivity contribution in [3.8, 4) is 11.4 Å². The van der Waals surface area contributed by atoms with Crippen LogP contribution in [0, 0.1) is 11.6 Å². The number of anilines is 1. The van der Waals surface area contributed by atoms with E-state index >= 15 is 0 Å². The molecule has 2 aromatic carbocycles. The molecule has 0 radical (unpaired) electrons. The molecule has 90 valence electrons. The molecule has 0 spiro atoms. The number of aromatic nitrogens is 2. The smallest absolute Gasteiger partial charge is 0.141 e. The largest absolute Gasteiger partial charge is 0.399 e. The van der Waals surface area contributed by atoms with Crippen LogP contribution in [0.15, 0.2) is 36.4 Å². The molecule has 5 heteroatoms. The van der Waals surface area contributed by atoms with Gasteiger partial charge in [0.15, 0.2) is 0 Å². The number of H-pyrrole nitrogens is 1. The summed E-state index contributed by atoms with van der Waals surface area (Å²) in [7, 11) is 0. The van der Waals surface area contributed by atoms with Gasteiger partial charge >= 0.3 is 0 Å². The van der Waals surface area contributed by atoms with Gasteiger partial charge in [-0.25, -0.2) is 13.8 Å². The zero-order valence-electron chi connectivity index (χ0n) is 9.24. The molecule has 0 aliphatic heterocycles. The van der Waals surface area contributed by atoms with Gasteiger partial charge in [-0.3, -0.25) is 0 Å². The number of hydrogen-bond donors (Lipinski definition) is 2. The lowest BCUT2D eigenvalue weighted by Gasteiger charge is -1.98. The third-order valence-corrected chi connectivity index (χ3v) is 2.69. The predicted molar refractivity (Wildman–Crippen MR) is 65.9 cm³/mol. The van der Waals surface area contributed by atoms with Crippen molar-refractivity contribution in [1.82, 2.24) is 9.97 Å². The quantitative estimate of drug-likeness (QED) is 0.647. The molecule has 18 heavy (non-hydrogen) atoms. The van der Waals surface area contributed by atoms with Crippen molar-refractivity contribution in [1.29, 1.82) is 0 Å². The van der Waals surface area contributed by atoms with Crippen LogP contribution in [0.2, 0.25) is 0 Å². The summed E-state index contributed by atoms with van der Waals surface area (Å²) >= 11 is 0. The summed E-state index contributed by atoms with van der Waals surface area (Å²) in [5.74, 6) is -0.910.